The fourth-order valence-electron chi connectivity index (χ4n) is 2.34. The summed E-state index contributed by atoms with van der Waals surface area (Å²) in [6, 6.07) is 13.6. The predicted octanol–water partition coefficient (Wildman–Crippen LogP) is 4.73. The molecule has 126 valence electrons. The van der Waals surface area contributed by atoms with Gasteiger partial charge in [0.15, 0.2) is 5.11 Å². The van der Waals surface area contributed by atoms with E-state index in [0.29, 0.717) is 10.7 Å². The summed E-state index contributed by atoms with van der Waals surface area (Å²) in [4.78, 5) is 12.3. The van der Waals surface area contributed by atoms with Crippen LogP contribution in [0.5, 0.6) is 0 Å². The summed E-state index contributed by atoms with van der Waals surface area (Å²) < 4.78 is 0. The molecule has 0 aliphatic heterocycles. The van der Waals surface area contributed by atoms with Gasteiger partial charge in [-0.15, -0.1) is 0 Å². The molecule has 2 aromatic rings. The second kappa shape index (κ2) is 7.14. The highest BCUT2D eigenvalue weighted by Crippen LogP contribution is 2.22. The smallest absolute Gasteiger partial charge is 0.257 e. The maximum absolute atomic E-state index is 12.3. The molecule has 0 aromatic heterocycles. The molecule has 0 atom stereocenters. The van der Waals surface area contributed by atoms with E-state index in [4.69, 9.17) is 12.2 Å². The minimum atomic E-state index is -0.210. The molecule has 2 rings (SSSR count). The topological polar surface area (TPSA) is 41.1 Å². The highest BCUT2D eigenvalue weighted by atomic mass is 32.1. The van der Waals surface area contributed by atoms with Crippen molar-refractivity contribution in [2.75, 3.05) is 5.32 Å². The Balaban J connectivity index is 2.04. The minimum absolute atomic E-state index is 0.0640. The number of carbonyl (C=O) groups excluding carboxylic acids is 1. The number of hydrogen-bond acceptors (Lipinski definition) is 2. The lowest BCUT2D eigenvalue weighted by atomic mass is 9.87. The lowest BCUT2D eigenvalue weighted by Crippen LogP contribution is -2.34. The van der Waals surface area contributed by atoms with Crippen LogP contribution in [0.4, 0.5) is 5.69 Å². The molecule has 0 radical (unpaired) electrons. The van der Waals surface area contributed by atoms with E-state index < -0.39 is 0 Å². The Kier molecular flexibility index (Phi) is 5.40. The van der Waals surface area contributed by atoms with E-state index in [1.807, 2.05) is 56.3 Å². The van der Waals surface area contributed by atoms with Crippen molar-refractivity contribution >= 4 is 28.9 Å². The standard InChI is InChI=1S/C20H24N2OS/c1-13-7-6-8-17(14(13)2)21-19(24)22-18(23)15-9-11-16(12-10-15)20(3,4)5/h6-12H,1-5H3,(H2,21,22,23,24). The Morgan fingerprint density at radius 2 is 1.62 bits per heavy atom. The largest absolute Gasteiger partial charge is 0.332 e. The van der Waals surface area contributed by atoms with Crippen LogP contribution in [0, 0.1) is 13.8 Å². The van der Waals surface area contributed by atoms with Gasteiger partial charge in [0.1, 0.15) is 0 Å². The lowest BCUT2D eigenvalue weighted by molar-refractivity contribution is 0.0977. The molecule has 24 heavy (non-hydrogen) atoms. The molecular formula is C20H24N2OS. The number of amides is 1. The number of rotatable bonds is 2. The van der Waals surface area contributed by atoms with Crippen molar-refractivity contribution < 1.29 is 4.79 Å². The number of nitrogens with one attached hydrogen (secondary N) is 2. The minimum Gasteiger partial charge on any atom is -0.332 e. The Morgan fingerprint density at radius 1 is 1.00 bits per heavy atom. The molecule has 0 spiro atoms. The first-order valence-corrected chi connectivity index (χ1v) is 8.38. The summed E-state index contributed by atoms with van der Waals surface area (Å²) in [5.74, 6) is -0.210. The lowest BCUT2D eigenvalue weighted by Gasteiger charge is -2.19. The summed E-state index contributed by atoms with van der Waals surface area (Å²) in [5.41, 5.74) is 5.04. The zero-order valence-electron chi connectivity index (χ0n) is 14.9. The van der Waals surface area contributed by atoms with E-state index in [1.54, 1.807) is 0 Å². The second-order valence-electron chi connectivity index (χ2n) is 6.98. The van der Waals surface area contributed by atoms with Crippen LogP contribution in [0.1, 0.15) is 47.8 Å². The fraction of sp³-hybridized carbons (Fsp3) is 0.300. The monoisotopic (exact) mass is 340 g/mol. The van der Waals surface area contributed by atoms with E-state index in [9.17, 15) is 4.79 Å². The van der Waals surface area contributed by atoms with Gasteiger partial charge >= 0.3 is 0 Å². The van der Waals surface area contributed by atoms with Crippen LogP contribution in [0.25, 0.3) is 0 Å². The third-order valence-electron chi connectivity index (χ3n) is 4.09. The van der Waals surface area contributed by atoms with E-state index in [1.165, 1.54) is 11.1 Å². The van der Waals surface area contributed by atoms with Gasteiger partial charge in [-0.2, -0.15) is 0 Å². The van der Waals surface area contributed by atoms with E-state index in [0.717, 1.165) is 11.3 Å². The number of carbonyl (C=O) groups is 1. The maximum atomic E-state index is 12.3. The highest BCUT2D eigenvalue weighted by molar-refractivity contribution is 7.80. The van der Waals surface area contributed by atoms with Crippen molar-refractivity contribution in [1.82, 2.24) is 5.32 Å². The second-order valence-corrected chi connectivity index (χ2v) is 7.39. The number of aryl methyl sites for hydroxylation is 1. The number of thiocarbonyl (C=S) groups is 1. The van der Waals surface area contributed by atoms with Crippen LogP contribution in [0.15, 0.2) is 42.5 Å². The summed E-state index contributed by atoms with van der Waals surface area (Å²) >= 11 is 5.26. The summed E-state index contributed by atoms with van der Waals surface area (Å²) in [5, 5.41) is 6.12. The molecule has 3 nitrogen and oxygen atoms in total. The molecule has 0 heterocycles. The molecule has 2 aromatic carbocycles. The van der Waals surface area contributed by atoms with Gasteiger partial charge < -0.3 is 5.32 Å². The normalized spacial score (nSPS) is 11.0. The first-order valence-electron chi connectivity index (χ1n) is 7.97. The van der Waals surface area contributed by atoms with Crippen LogP contribution in [0.2, 0.25) is 0 Å². The van der Waals surface area contributed by atoms with E-state index in [2.05, 4.69) is 31.4 Å². The van der Waals surface area contributed by atoms with Crippen LogP contribution < -0.4 is 10.6 Å². The average molecular weight is 340 g/mol. The molecule has 0 saturated heterocycles. The Bertz CT molecular complexity index is 758. The quantitative estimate of drug-likeness (QED) is 0.777. The molecular weight excluding hydrogens is 316 g/mol. The Morgan fingerprint density at radius 3 is 2.21 bits per heavy atom. The van der Waals surface area contributed by atoms with Gasteiger partial charge in [0.05, 0.1) is 0 Å². The van der Waals surface area contributed by atoms with Gasteiger partial charge in [-0.1, -0.05) is 45.0 Å². The molecule has 0 saturated carbocycles. The average Bonchev–Trinajstić information content (AvgIpc) is 2.51. The molecule has 0 fully saturated rings. The van der Waals surface area contributed by atoms with Gasteiger partial charge in [-0.3, -0.25) is 10.1 Å². The Hall–Kier alpha value is -2.20. The van der Waals surface area contributed by atoms with Gasteiger partial charge in [0, 0.05) is 11.3 Å². The van der Waals surface area contributed by atoms with Crippen LogP contribution in [-0.2, 0) is 5.41 Å². The number of hydrogen-bond donors (Lipinski definition) is 2. The van der Waals surface area contributed by atoms with Crippen molar-refractivity contribution in [1.29, 1.82) is 0 Å². The molecule has 4 heteroatoms. The van der Waals surface area contributed by atoms with Crippen LogP contribution >= 0.6 is 12.2 Å². The summed E-state index contributed by atoms with van der Waals surface area (Å²) in [6.07, 6.45) is 0. The first-order chi connectivity index (χ1) is 11.2. The van der Waals surface area contributed by atoms with Crippen molar-refractivity contribution in [3.63, 3.8) is 0 Å². The highest BCUT2D eigenvalue weighted by Gasteiger charge is 2.15. The summed E-state index contributed by atoms with van der Waals surface area (Å²) in [7, 11) is 0. The van der Waals surface area contributed by atoms with Crippen molar-refractivity contribution in [3.05, 3.63) is 64.7 Å². The SMILES string of the molecule is Cc1cccc(NC(=S)NC(=O)c2ccc(C(C)(C)C)cc2)c1C. The van der Waals surface area contributed by atoms with E-state index in [-0.39, 0.29) is 11.3 Å². The van der Waals surface area contributed by atoms with Crippen LogP contribution in [-0.4, -0.2) is 11.0 Å². The number of anilines is 1. The zero-order chi connectivity index (χ0) is 17.9. The molecule has 1 amide bonds. The molecule has 2 N–H and O–H groups in total. The van der Waals surface area contributed by atoms with Crippen molar-refractivity contribution in [3.8, 4) is 0 Å². The fourth-order valence-corrected chi connectivity index (χ4v) is 2.54. The third-order valence-corrected chi connectivity index (χ3v) is 4.30. The van der Waals surface area contributed by atoms with Gasteiger partial charge in [0.2, 0.25) is 0 Å². The van der Waals surface area contributed by atoms with Gasteiger partial charge in [-0.25, -0.2) is 0 Å². The zero-order valence-corrected chi connectivity index (χ0v) is 15.7. The summed E-state index contributed by atoms with van der Waals surface area (Å²) in [6.45, 7) is 10.5. The maximum Gasteiger partial charge on any atom is 0.257 e. The molecule has 0 bridgehead atoms. The predicted molar refractivity (Wildman–Crippen MR) is 105 cm³/mol. The molecule has 0 unspecified atom stereocenters. The third kappa shape index (κ3) is 4.42. The van der Waals surface area contributed by atoms with Crippen LogP contribution in [0.3, 0.4) is 0 Å². The number of benzene rings is 2. The molecule has 0 aliphatic carbocycles. The van der Waals surface area contributed by atoms with E-state index >= 15 is 0 Å². The first kappa shape index (κ1) is 18.1. The Labute approximate surface area is 149 Å². The molecule has 0 aliphatic rings. The van der Waals surface area contributed by atoms with Gasteiger partial charge in [0.25, 0.3) is 5.91 Å². The van der Waals surface area contributed by atoms with Gasteiger partial charge in [-0.05, 0) is 66.4 Å². The van der Waals surface area contributed by atoms with Crippen molar-refractivity contribution in [2.24, 2.45) is 0 Å². The van der Waals surface area contributed by atoms with Crippen molar-refractivity contribution in [2.45, 2.75) is 40.0 Å².